The van der Waals surface area contributed by atoms with Crippen LogP contribution in [0.2, 0.25) is 0 Å². The first kappa shape index (κ1) is 19.0. The van der Waals surface area contributed by atoms with E-state index in [1.807, 2.05) is 13.0 Å². The maximum atomic E-state index is 11.2. The minimum absolute atomic E-state index is 0.102. The molecule has 0 saturated carbocycles. The predicted molar refractivity (Wildman–Crippen MR) is 91.0 cm³/mol. The third-order valence-corrected chi connectivity index (χ3v) is 3.65. The largest absolute Gasteiger partial charge is 0.478 e. The first-order valence-corrected chi connectivity index (χ1v) is 8.28. The SMILES string of the molecule is CCOC(=O)CCCCCCCNc1ccc(C(=O)O)c(C)c1. The standard InChI is InChI=1S/C18H27NO4/c1-3-23-17(20)9-7-5-4-6-8-12-19-15-10-11-16(18(21)22)14(2)13-15/h10-11,13,19H,3-9,12H2,1-2H3,(H,21,22). The van der Waals surface area contributed by atoms with Gasteiger partial charge in [0, 0.05) is 18.7 Å². The zero-order valence-electron chi connectivity index (χ0n) is 14.1. The van der Waals surface area contributed by atoms with Crippen LogP contribution < -0.4 is 5.32 Å². The van der Waals surface area contributed by atoms with Gasteiger partial charge in [0.25, 0.3) is 0 Å². The average Bonchev–Trinajstić information content (AvgIpc) is 2.50. The lowest BCUT2D eigenvalue weighted by molar-refractivity contribution is -0.143. The third kappa shape index (κ3) is 7.68. The number of carboxylic acid groups (broad SMARTS) is 1. The van der Waals surface area contributed by atoms with Crippen molar-refractivity contribution < 1.29 is 19.4 Å². The molecule has 1 rings (SSSR count). The van der Waals surface area contributed by atoms with E-state index >= 15 is 0 Å². The summed E-state index contributed by atoms with van der Waals surface area (Å²) in [4.78, 5) is 22.1. The maximum absolute atomic E-state index is 11.2. The molecule has 0 radical (unpaired) electrons. The van der Waals surface area contributed by atoms with E-state index in [2.05, 4.69) is 5.32 Å². The Morgan fingerprint density at radius 2 is 1.83 bits per heavy atom. The number of unbranched alkanes of at least 4 members (excludes halogenated alkanes) is 4. The predicted octanol–water partition coefficient (Wildman–Crippen LogP) is 4.01. The highest BCUT2D eigenvalue weighted by Gasteiger charge is 2.06. The van der Waals surface area contributed by atoms with Crippen molar-refractivity contribution in [2.75, 3.05) is 18.5 Å². The second kappa shape index (κ2) is 10.6. The molecule has 0 aliphatic heterocycles. The fraction of sp³-hybridized carbons (Fsp3) is 0.556. The van der Waals surface area contributed by atoms with Gasteiger partial charge in [-0.15, -0.1) is 0 Å². The van der Waals surface area contributed by atoms with Gasteiger partial charge in [-0.3, -0.25) is 4.79 Å². The Morgan fingerprint density at radius 1 is 1.13 bits per heavy atom. The number of ether oxygens (including phenoxy) is 1. The van der Waals surface area contributed by atoms with Gasteiger partial charge in [-0.25, -0.2) is 4.79 Å². The van der Waals surface area contributed by atoms with Crippen molar-refractivity contribution in [2.24, 2.45) is 0 Å². The van der Waals surface area contributed by atoms with Crippen molar-refractivity contribution in [3.63, 3.8) is 0 Å². The molecule has 5 nitrogen and oxygen atoms in total. The molecule has 0 saturated heterocycles. The highest BCUT2D eigenvalue weighted by atomic mass is 16.5. The fourth-order valence-corrected chi connectivity index (χ4v) is 2.40. The highest BCUT2D eigenvalue weighted by Crippen LogP contribution is 2.15. The summed E-state index contributed by atoms with van der Waals surface area (Å²) in [7, 11) is 0. The highest BCUT2D eigenvalue weighted by molar-refractivity contribution is 5.89. The number of nitrogens with one attached hydrogen (secondary N) is 1. The van der Waals surface area contributed by atoms with Gasteiger partial charge in [-0.1, -0.05) is 19.3 Å². The molecule has 5 heteroatoms. The molecule has 0 aliphatic rings. The van der Waals surface area contributed by atoms with Crippen LogP contribution in [0.3, 0.4) is 0 Å². The lowest BCUT2D eigenvalue weighted by Crippen LogP contribution is -2.04. The van der Waals surface area contributed by atoms with Crippen molar-refractivity contribution in [1.29, 1.82) is 0 Å². The van der Waals surface area contributed by atoms with Crippen LogP contribution in [0, 0.1) is 6.92 Å². The Labute approximate surface area is 138 Å². The zero-order chi connectivity index (χ0) is 17.1. The van der Waals surface area contributed by atoms with Crippen molar-refractivity contribution in [1.82, 2.24) is 0 Å². The summed E-state index contributed by atoms with van der Waals surface area (Å²) in [5, 5.41) is 12.3. The molecule has 0 aromatic heterocycles. The number of benzene rings is 1. The summed E-state index contributed by atoms with van der Waals surface area (Å²) in [6.45, 7) is 4.95. The minimum Gasteiger partial charge on any atom is -0.478 e. The molecule has 2 N–H and O–H groups in total. The van der Waals surface area contributed by atoms with Gasteiger partial charge in [-0.05, 0) is 50.5 Å². The number of hydrogen-bond acceptors (Lipinski definition) is 4. The number of aryl methyl sites for hydroxylation is 1. The molecule has 0 fully saturated rings. The molecule has 0 aliphatic carbocycles. The van der Waals surface area contributed by atoms with Crippen LogP contribution in [0.4, 0.5) is 5.69 Å². The van der Waals surface area contributed by atoms with E-state index in [-0.39, 0.29) is 5.97 Å². The first-order chi connectivity index (χ1) is 11.0. The molecule has 23 heavy (non-hydrogen) atoms. The maximum Gasteiger partial charge on any atom is 0.335 e. The van der Waals surface area contributed by atoms with Gasteiger partial charge in [-0.2, -0.15) is 0 Å². The summed E-state index contributed by atoms with van der Waals surface area (Å²) in [6, 6.07) is 5.30. The molecule has 0 bridgehead atoms. The van der Waals surface area contributed by atoms with E-state index in [9.17, 15) is 9.59 Å². The van der Waals surface area contributed by atoms with E-state index in [1.54, 1.807) is 19.1 Å². The van der Waals surface area contributed by atoms with E-state index in [1.165, 1.54) is 0 Å². The second-order valence-electron chi connectivity index (χ2n) is 5.58. The van der Waals surface area contributed by atoms with Crippen LogP contribution in [-0.4, -0.2) is 30.2 Å². The summed E-state index contributed by atoms with van der Waals surface area (Å²) < 4.78 is 4.88. The van der Waals surface area contributed by atoms with Crippen LogP contribution in [0.25, 0.3) is 0 Å². The number of esters is 1. The quantitative estimate of drug-likeness (QED) is 0.476. The van der Waals surface area contributed by atoms with Crippen molar-refractivity contribution in [3.05, 3.63) is 29.3 Å². The lowest BCUT2D eigenvalue weighted by Gasteiger charge is -2.08. The number of carbonyl (C=O) groups excluding carboxylic acids is 1. The number of anilines is 1. The van der Waals surface area contributed by atoms with E-state index in [0.717, 1.165) is 49.9 Å². The molecule has 1 aromatic rings. The topological polar surface area (TPSA) is 75.6 Å². The molecule has 0 amide bonds. The van der Waals surface area contributed by atoms with E-state index in [0.29, 0.717) is 18.6 Å². The Morgan fingerprint density at radius 3 is 2.48 bits per heavy atom. The summed E-state index contributed by atoms with van der Waals surface area (Å²) in [5.41, 5.74) is 2.06. The second-order valence-corrected chi connectivity index (χ2v) is 5.58. The number of carbonyl (C=O) groups is 2. The van der Waals surface area contributed by atoms with Crippen LogP contribution in [-0.2, 0) is 9.53 Å². The van der Waals surface area contributed by atoms with Gasteiger partial charge in [0.1, 0.15) is 0 Å². The summed E-state index contributed by atoms with van der Waals surface area (Å²) in [6.07, 6.45) is 5.73. The number of aromatic carboxylic acids is 1. The van der Waals surface area contributed by atoms with Crippen LogP contribution in [0.5, 0.6) is 0 Å². The lowest BCUT2D eigenvalue weighted by atomic mass is 10.1. The van der Waals surface area contributed by atoms with Crippen molar-refractivity contribution in [2.45, 2.75) is 52.4 Å². The molecule has 1 aromatic carbocycles. The van der Waals surface area contributed by atoms with Gasteiger partial charge in [0.2, 0.25) is 0 Å². The van der Waals surface area contributed by atoms with E-state index < -0.39 is 5.97 Å². The number of rotatable bonds is 11. The molecule has 0 spiro atoms. The Hall–Kier alpha value is -2.04. The molecular formula is C18H27NO4. The number of hydrogen-bond donors (Lipinski definition) is 2. The van der Waals surface area contributed by atoms with Gasteiger partial charge in [0.05, 0.1) is 12.2 Å². The molecule has 128 valence electrons. The Balaban J connectivity index is 2.10. The molecule has 0 atom stereocenters. The molecular weight excluding hydrogens is 294 g/mol. The van der Waals surface area contributed by atoms with Gasteiger partial charge in [0.15, 0.2) is 0 Å². The Bertz CT molecular complexity index is 514. The van der Waals surface area contributed by atoms with Crippen LogP contribution >= 0.6 is 0 Å². The first-order valence-electron chi connectivity index (χ1n) is 8.28. The normalized spacial score (nSPS) is 10.3. The fourth-order valence-electron chi connectivity index (χ4n) is 2.40. The average molecular weight is 321 g/mol. The monoisotopic (exact) mass is 321 g/mol. The summed E-state index contributed by atoms with van der Waals surface area (Å²) >= 11 is 0. The molecule has 0 heterocycles. The van der Waals surface area contributed by atoms with Gasteiger partial charge < -0.3 is 15.2 Å². The van der Waals surface area contributed by atoms with Crippen LogP contribution in [0.1, 0.15) is 61.4 Å². The third-order valence-electron chi connectivity index (χ3n) is 3.65. The van der Waals surface area contributed by atoms with Crippen molar-refractivity contribution in [3.8, 4) is 0 Å². The zero-order valence-corrected chi connectivity index (χ0v) is 14.1. The van der Waals surface area contributed by atoms with Crippen molar-refractivity contribution >= 4 is 17.6 Å². The summed E-state index contributed by atoms with van der Waals surface area (Å²) in [5.74, 6) is -0.994. The van der Waals surface area contributed by atoms with Gasteiger partial charge >= 0.3 is 11.9 Å². The molecule has 0 unspecified atom stereocenters. The van der Waals surface area contributed by atoms with Crippen LogP contribution in [0.15, 0.2) is 18.2 Å². The smallest absolute Gasteiger partial charge is 0.335 e. The minimum atomic E-state index is -0.892. The number of carboxylic acids is 1. The van der Waals surface area contributed by atoms with E-state index in [4.69, 9.17) is 9.84 Å². The Kier molecular flexibility index (Phi) is 8.80.